The van der Waals surface area contributed by atoms with Crippen LogP contribution in [0, 0.1) is 6.92 Å². The van der Waals surface area contributed by atoms with Crippen LogP contribution in [0.15, 0.2) is 68.3 Å². The number of fused-ring (bicyclic) bond motifs is 1. The Morgan fingerprint density at radius 1 is 1.03 bits per heavy atom. The van der Waals surface area contributed by atoms with Gasteiger partial charge in [0.1, 0.15) is 11.3 Å². The van der Waals surface area contributed by atoms with Gasteiger partial charge < -0.3 is 18.6 Å². The number of piperazine rings is 1. The smallest absolute Gasteiger partial charge is 0.336 e. The van der Waals surface area contributed by atoms with Crippen molar-refractivity contribution in [1.82, 2.24) is 19.9 Å². The highest BCUT2D eigenvalue weighted by Gasteiger charge is 2.23. The number of ether oxygens (including phenoxy) is 1. The van der Waals surface area contributed by atoms with Crippen molar-refractivity contribution in [3.8, 4) is 17.1 Å². The van der Waals surface area contributed by atoms with Crippen LogP contribution >= 0.6 is 0 Å². The normalized spacial score (nSPS) is 14.4. The quantitative estimate of drug-likeness (QED) is 0.405. The van der Waals surface area contributed by atoms with Gasteiger partial charge in [-0.05, 0) is 25.1 Å². The van der Waals surface area contributed by atoms with E-state index in [0.717, 1.165) is 10.9 Å². The monoisotopic (exact) mass is 460 g/mol. The lowest BCUT2D eigenvalue weighted by Crippen LogP contribution is -2.49. The Morgan fingerprint density at radius 3 is 2.59 bits per heavy atom. The first-order chi connectivity index (χ1) is 16.5. The molecular weight excluding hydrogens is 436 g/mol. The van der Waals surface area contributed by atoms with Gasteiger partial charge in [0.2, 0.25) is 11.7 Å². The molecule has 0 bridgehead atoms. The fraction of sp³-hybridized carbons (Fsp3) is 0.280. The van der Waals surface area contributed by atoms with Crippen LogP contribution < -0.4 is 10.4 Å². The summed E-state index contributed by atoms with van der Waals surface area (Å²) in [4.78, 5) is 32.5. The van der Waals surface area contributed by atoms with Crippen LogP contribution in [0.3, 0.4) is 0 Å². The Bertz CT molecular complexity index is 1350. The molecular formula is C25H24N4O5. The zero-order valence-electron chi connectivity index (χ0n) is 18.8. The van der Waals surface area contributed by atoms with Crippen LogP contribution in [0.5, 0.6) is 5.75 Å². The number of carbonyl (C=O) groups is 1. The fourth-order valence-corrected chi connectivity index (χ4v) is 3.85. The molecule has 34 heavy (non-hydrogen) atoms. The molecule has 2 aromatic heterocycles. The van der Waals surface area contributed by atoms with Crippen LogP contribution in [0.25, 0.3) is 22.4 Å². The molecule has 1 fully saturated rings. The predicted octanol–water partition coefficient (Wildman–Crippen LogP) is 2.87. The van der Waals surface area contributed by atoms with Gasteiger partial charge in [-0.2, -0.15) is 4.98 Å². The third-order valence-electron chi connectivity index (χ3n) is 5.82. The number of hydrogen-bond acceptors (Lipinski definition) is 8. The molecule has 1 aliphatic rings. The van der Waals surface area contributed by atoms with Crippen molar-refractivity contribution in [2.75, 3.05) is 32.8 Å². The molecule has 1 saturated heterocycles. The molecule has 2 aromatic carbocycles. The van der Waals surface area contributed by atoms with E-state index >= 15 is 0 Å². The molecule has 174 valence electrons. The minimum absolute atomic E-state index is 0.0772. The number of aromatic nitrogens is 2. The maximum absolute atomic E-state index is 12.6. The molecule has 1 amide bonds. The van der Waals surface area contributed by atoms with Crippen molar-refractivity contribution in [1.29, 1.82) is 0 Å². The molecule has 0 aliphatic carbocycles. The molecule has 0 saturated carbocycles. The second-order valence-corrected chi connectivity index (χ2v) is 8.28. The molecule has 3 heterocycles. The van der Waals surface area contributed by atoms with E-state index in [1.54, 1.807) is 29.2 Å². The highest BCUT2D eigenvalue weighted by molar-refractivity contribution is 5.79. The largest absolute Gasteiger partial charge is 0.484 e. The first-order valence-corrected chi connectivity index (χ1v) is 11.1. The van der Waals surface area contributed by atoms with Crippen molar-refractivity contribution in [3.05, 3.63) is 76.5 Å². The van der Waals surface area contributed by atoms with E-state index in [4.69, 9.17) is 13.7 Å². The molecule has 9 heteroatoms. The number of rotatable bonds is 6. The summed E-state index contributed by atoms with van der Waals surface area (Å²) in [6.45, 7) is 5.09. The highest BCUT2D eigenvalue weighted by Crippen LogP contribution is 2.20. The minimum atomic E-state index is -0.425. The Hall–Kier alpha value is -3.98. The maximum atomic E-state index is 12.6. The Kier molecular flexibility index (Phi) is 6.09. The van der Waals surface area contributed by atoms with Crippen LogP contribution in [-0.4, -0.2) is 58.6 Å². The molecule has 0 spiro atoms. The van der Waals surface area contributed by atoms with Gasteiger partial charge in [-0.15, -0.1) is 0 Å². The van der Waals surface area contributed by atoms with Gasteiger partial charge in [-0.1, -0.05) is 35.0 Å². The van der Waals surface area contributed by atoms with E-state index in [1.165, 1.54) is 11.6 Å². The average molecular weight is 460 g/mol. The highest BCUT2D eigenvalue weighted by atomic mass is 16.5. The van der Waals surface area contributed by atoms with Gasteiger partial charge in [-0.3, -0.25) is 9.69 Å². The summed E-state index contributed by atoms with van der Waals surface area (Å²) in [6.07, 6.45) is 0. The topological polar surface area (TPSA) is 102 Å². The van der Waals surface area contributed by atoms with Gasteiger partial charge in [0.05, 0.1) is 6.54 Å². The second-order valence-electron chi connectivity index (χ2n) is 8.28. The number of aryl methyl sites for hydroxylation is 1. The average Bonchev–Trinajstić information content (AvgIpc) is 3.31. The fourth-order valence-electron chi connectivity index (χ4n) is 3.85. The summed E-state index contributed by atoms with van der Waals surface area (Å²) < 4.78 is 16.2. The molecule has 5 rings (SSSR count). The van der Waals surface area contributed by atoms with E-state index in [1.807, 2.05) is 31.2 Å². The van der Waals surface area contributed by atoms with Gasteiger partial charge in [-0.25, -0.2) is 4.79 Å². The van der Waals surface area contributed by atoms with Crippen LogP contribution in [0.1, 0.15) is 11.5 Å². The lowest BCUT2D eigenvalue weighted by Gasteiger charge is -2.33. The molecule has 0 atom stereocenters. The summed E-state index contributed by atoms with van der Waals surface area (Å²) in [7, 11) is 0. The summed E-state index contributed by atoms with van der Waals surface area (Å²) in [5, 5.41) is 4.88. The maximum Gasteiger partial charge on any atom is 0.336 e. The number of benzene rings is 2. The van der Waals surface area contributed by atoms with Gasteiger partial charge in [0.25, 0.3) is 5.91 Å². The van der Waals surface area contributed by atoms with E-state index in [2.05, 4.69) is 15.0 Å². The number of carbonyl (C=O) groups excluding carboxylic acids is 1. The molecule has 0 radical (unpaired) electrons. The van der Waals surface area contributed by atoms with E-state index in [-0.39, 0.29) is 12.5 Å². The summed E-state index contributed by atoms with van der Waals surface area (Å²) in [5.74, 6) is 1.53. The lowest BCUT2D eigenvalue weighted by molar-refractivity contribution is -0.135. The van der Waals surface area contributed by atoms with Gasteiger partial charge in [0, 0.05) is 49.3 Å². The summed E-state index contributed by atoms with van der Waals surface area (Å²) >= 11 is 0. The molecule has 0 unspecified atom stereocenters. The van der Waals surface area contributed by atoms with E-state index in [0.29, 0.717) is 55.8 Å². The SMILES string of the molecule is Cc1ccc(-c2noc(CN3CCN(C(=O)COc4ccc5ccc(=O)oc5c4)CC3)n2)cc1. The van der Waals surface area contributed by atoms with Crippen molar-refractivity contribution >= 4 is 16.9 Å². The third kappa shape index (κ3) is 4.99. The first-order valence-electron chi connectivity index (χ1n) is 11.1. The van der Waals surface area contributed by atoms with E-state index in [9.17, 15) is 9.59 Å². The summed E-state index contributed by atoms with van der Waals surface area (Å²) in [5.41, 5.74) is 2.10. The van der Waals surface area contributed by atoms with Crippen molar-refractivity contribution in [3.63, 3.8) is 0 Å². The first kappa shape index (κ1) is 21.8. The molecule has 0 N–H and O–H groups in total. The van der Waals surface area contributed by atoms with Crippen molar-refractivity contribution in [2.45, 2.75) is 13.5 Å². The molecule has 4 aromatic rings. The summed E-state index contributed by atoms with van der Waals surface area (Å²) in [6, 6.07) is 16.2. The Morgan fingerprint density at radius 2 is 1.79 bits per heavy atom. The molecule has 9 nitrogen and oxygen atoms in total. The number of nitrogens with zero attached hydrogens (tertiary/aromatic N) is 4. The van der Waals surface area contributed by atoms with Crippen LogP contribution in [-0.2, 0) is 11.3 Å². The zero-order chi connectivity index (χ0) is 23.5. The van der Waals surface area contributed by atoms with Crippen molar-refractivity contribution < 1.29 is 18.5 Å². The van der Waals surface area contributed by atoms with Gasteiger partial charge in [0.15, 0.2) is 6.61 Å². The van der Waals surface area contributed by atoms with Crippen LogP contribution in [0.4, 0.5) is 0 Å². The van der Waals surface area contributed by atoms with Crippen LogP contribution in [0.2, 0.25) is 0 Å². The Labute approximate surface area is 195 Å². The third-order valence-corrected chi connectivity index (χ3v) is 5.82. The standard InChI is InChI=1S/C25H24N4O5/c1-17-2-4-19(5-3-17)25-26-22(34-27-25)15-28-10-12-29(13-11-28)23(30)16-32-20-8-6-18-7-9-24(31)33-21(18)14-20/h2-9,14H,10-13,15-16H2,1H3. The predicted molar refractivity (Wildman–Crippen MR) is 124 cm³/mol. The molecule has 1 aliphatic heterocycles. The van der Waals surface area contributed by atoms with Gasteiger partial charge >= 0.3 is 5.63 Å². The van der Waals surface area contributed by atoms with Crippen molar-refractivity contribution in [2.24, 2.45) is 0 Å². The second kappa shape index (κ2) is 9.48. The Balaban J connectivity index is 1.11. The van der Waals surface area contributed by atoms with E-state index < -0.39 is 5.63 Å². The number of hydrogen-bond donors (Lipinski definition) is 0. The lowest BCUT2D eigenvalue weighted by atomic mass is 10.1. The minimum Gasteiger partial charge on any atom is -0.484 e. The zero-order valence-corrected chi connectivity index (χ0v) is 18.8. The number of amides is 1.